The SMILES string of the molecule is Cc1nc(CN[C@H]2CCN([C@@H](C)C(=O)O)C2=O)cs1. The van der Waals surface area contributed by atoms with Gasteiger partial charge in [0.05, 0.1) is 16.7 Å². The molecule has 0 unspecified atom stereocenters. The molecule has 0 radical (unpaired) electrons. The maximum absolute atomic E-state index is 12.1. The molecule has 6 nitrogen and oxygen atoms in total. The van der Waals surface area contributed by atoms with Crippen LogP contribution in [0.2, 0.25) is 0 Å². The van der Waals surface area contributed by atoms with Gasteiger partial charge < -0.3 is 15.3 Å². The van der Waals surface area contributed by atoms with E-state index in [4.69, 9.17) is 5.11 Å². The Balaban J connectivity index is 1.89. The molecule has 19 heavy (non-hydrogen) atoms. The fourth-order valence-corrected chi connectivity index (χ4v) is 2.74. The van der Waals surface area contributed by atoms with Gasteiger partial charge in [-0.05, 0) is 20.3 Å². The Hall–Kier alpha value is -1.47. The third-order valence-corrected chi connectivity index (χ3v) is 4.08. The number of nitrogens with one attached hydrogen (secondary N) is 1. The molecule has 104 valence electrons. The Labute approximate surface area is 115 Å². The highest BCUT2D eigenvalue weighted by Gasteiger charge is 2.36. The molecular weight excluding hydrogens is 266 g/mol. The lowest BCUT2D eigenvalue weighted by atomic mass is 10.2. The standard InChI is InChI=1S/C12H17N3O3S/c1-7(12(17)18)15-4-3-10(11(15)16)13-5-9-6-19-8(2)14-9/h6-7,10,13H,3-5H2,1-2H3,(H,17,18)/t7-,10-/m0/s1. The summed E-state index contributed by atoms with van der Waals surface area (Å²) in [5, 5.41) is 15.0. The molecule has 0 saturated carbocycles. The van der Waals surface area contributed by atoms with Gasteiger partial charge in [0.15, 0.2) is 0 Å². The molecule has 2 rings (SSSR count). The number of thiazole rings is 1. The van der Waals surface area contributed by atoms with Crippen molar-refractivity contribution in [2.45, 2.75) is 38.9 Å². The predicted molar refractivity (Wildman–Crippen MR) is 70.9 cm³/mol. The van der Waals surface area contributed by atoms with Gasteiger partial charge in [0.25, 0.3) is 0 Å². The molecule has 1 aliphatic rings. The normalized spacial score (nSPS) is 20.8. The van der Waals surface area contributed by atoms with E-state index in [0.717, 1.165) is 10.7 Å². The lowest BCUT2D eigenvalue weighted by Crippen LogP contribution is -2.44. The molecule has 1 aromatic rings. The van der Waals surface area contributed by atoms with E-state index < -0.39 is 12.0 Å². The van der Waals surface area contributed by atoms with Crippen LogP contribution in [0.4, 0.5) is 0 Å². The lowest BCUT2D eigenvalue weighted by molar-refractivity contribution is -0.147. The molecule has 1 aliphatic heterocycles. The van der Waals surface area contributed by atoms with Gasteiger partial charge in [-0.2, -0.15) is 0 Å². The molecule has 0 spiro atoms. The third-order valence-electron chi connectivity index (χ3n) is 3.26. The third kappa shape index (κ3) is 3.10. The molecule has 1 fully saturated rings. The maximum atomic E-state index is 12.1. The van der Waals surface area contributed by atoms with Crippen LogP contribution in [0.15, 0.2) is 5.38 Å². The quantitative estimate of drug-likeness (QED) is 0.827. The minimum atomic E-state index is -0.968. The number of rotatable bonds is 5. The summed E-state index contributed by atoms with van der Waals surface area (Å²) in [4.78, 5) is 28.7. The monoisotopic (exact) mass is 283 g/mol. The largest absolute Gasteiger partial charge is 0.480 e. The molecule has 7 heteroatoms. The van der Waals surface area contributed by atoms with Crippen molar-refractivity contribution in [3.05, 3.63) is 16.1 Å². The van der Waals surface area contributed by atoms with Gasteiger partial charge in [-0.1, -0.05) is 0 Å². The van der Waals surface area contributed by atoms with Gasteiger partial charge in [0, 0.05) is 18.5 Å². The minimum absolute atomic E-state index is 0.137. The zero-order chi connectivity index (χ0) is 14.0. The first-order valence-corrected chi connectivity index (χ1v) is 7.04. The Morgan fingerprint density at radius 1 is 1.74 bits per heavy atom. The van der Waals surface area contributed by atoms with E-state index in [-0.39, 0.29) is 11.9 Å². The zero-order valence-corrected chi connectivity index (χ0v) is 11.7. The van der Waals surface area contributed by atoms with Crippen molar-refractivity contribution in [3.63, 3.8) is 0 Å². The van der Waals surface area contributed by atoms with Crippen molar-refractivity contribution in [3.8, 4) is 0 Å². The van der Waals surface area contributed by atoms with Crippen molar-refractivity contribution < 1.29 is 14.7 Å². The molecule has 1 saturated heterocycles. The van der Waals surface area contributed by atoms with Crippen LogP contribution < -0.4 is 5.32 Å². The highest BCUT2D eigenvalue weighted by atomic mass is 32.1. The highest BCUT2D eigenvalue weighted by molar-refractivity contribution is 7.09. The summed E-state index contributed by atoms with van der Waals surface area (Å²) < 4.78 is 0. The Bertz CT molecular complexity index is 488. The van der Waals surface area contributed by atoms with Crippen molar-refractivity contribution in [1.29, 1.82) is 0 Å². The van der Waals surface area contributed by atoms with E-state index in [1.807, 2.05) is 12.3 Å². The van der Waals surface area contributed by atoms with Crippen LogP contribution in [0.25, 0.3) is 0 Å². The Morgan fingerprint density at radius 2 is 2.47 bits per heavy atom. The lowest BCUT2D eigenvalue weighted by Gasteiger charge is -2.21. The van der Waals surface area contributed by atoms with Gasteiger partial charge >= 0.3 is 5.97 Å². The number of carbonyl (C=O) groups is 2. The number of carboxylic acids is 1. The van der Waals surface area contributed by atoms with Crippen LogP contribution in [0.3, 0.4) is 0 Å². The van der Waals surface area contributed by atoms with Crippen LogP contribution in [0.5, 0.6) is 0 Å². The van der Waals surface area contributed by atoms with Crippen LogP contribution in [-0.2, 0) is 16.1 Å². The number of amides is 1. The van der Waals surface area contributed by atoms with Gasteiger partial charge in [0.1, 0.15) is 6.04 Å². The summed E-state index contributed by atoms with van der Waals surface area (Å²) in [5.74, 6) is -1.11. The molecule has 1 aromatic heterocycles. The van der Waals surface area contributed by atoms with Crippen molar-refractivity contribution >= 4 is 23.2 Å². The second-order valence-electron chi connectivity index (χ2n) is 4.63. The summed E-state index contributed by atoms with van der Waals surface area (Å²) in [6.45, 7) is 4.49. The first-order chi connectivity index (χ1) is 8.99. The van der Waals surface area contributed by atoms with Gasteiger partial charge in [-0.25, -0.2) is 9.78 Å². The summed E-state index contributed by atoms with van der Waals surface area (Å²) in [7, 11) is 0. The molecule has 2 atom stereocenters. The molecule has 1 amide bonds. The topological polar surface area (TPSA) is 82.5 Å². The van der Waals surface area contributed by atoms with E-state index in [2.05, 4.69) is 10.3 Å². The molecular formula is C12H17N3O3S. The van der Waals surface area contributed by atoms with Crippen LogP contribution >= 0.6 is 11.3 Å². The van der Waals surface area contributed by atoms with Gasteiger partial charge in [0.2, 0.25) is 5.91 Å². The number of aromatic nitrogens is 1. The predicted octanol–water partition coefficient (Wildman–Crippen LogP) is 0.615. The maximum Gasteiger partial charge on any atom is 0.326 e. The smallest absolute Gasteiger partial charge is 0.326 e. The molecule has 0 aliphatic carbocycles. The summed E-state index contributed by atoms with van der Waals surface area (Å²) in [6, 6.07) is -1.07. The van der Waals surface area contributed by atoms with E-state index >= 15 is 0 Å². The van der Waals surface area contributed by atoms with Gasteiger partial charge in [-0.3, -0.25) is 4.79 Å². The van der Waals surface area contributed by atoms with Crippen molar-refractivity contribution in [1.82, 2.24) is 15.2 Å². The average molecular weight is 283 g/mol. The van der Waals surface area contributed by atoms with E-state index in [0.29, 0.717) is 19.5 Å². The number of carbonyl (C=O) groups excluding carboxylic acids is 1. The number of aryl methyl sites for hydroxylation is 1. The number of aliphatic carboxylic acids is 1. The summed E-state index contributed by atoms with van der Waals surface area (Å²) >= 11 is 1.57. The van der Waals surface area contributed by atoms with Crippen LogP contribution in [0, 0.1) is 6.92 Å². The fourth-order valence-electron chi connectivity index (χ4n) is 2.13. The van der Waals surface area contributed by atoms with Crippen molar-refractivity contribution in [2.75, 3.05) is 6.54 Å². The van der Waals surface area contributed by atoms with E-state index in [9.17, 15) is 9.59 Å². The molecule has 0 aromatic carbocycles. The zero-order valence-electron chi connectivity index (χ0n) is 10.9. The Morgan fingerprint density at radius 3 is 3.05 bits per heavy atom. The van der Waals surface area contributed by atoms with Crippen LogP contribution in [-0.4, -0.2) is 45.5 Å². The first-order valence-electron chi connectivity index (χ1n) is 6.16. The second kappa shape index (κ2) is 5.66. The summed E-state index contributed by atoms with van der Waals surface area (Å²) in [5.41, 5.74) is 0.917. The fraction of sp³-hybridized carbons (Fsp3) is 0.583. The Kier molecular flexibility index (Phi) is 4.16. The first kappa shape index (κ1) is 14.0. The number of nitrogens with zero attached hydrogens (tertiary/aromatic N) is 2. The second-order valence-corrected chi connectivity index (χ2v) is 5.69. The molecule has 2 N–H and O–H groups in total. The number of hydrogen-bond donors (Lipinski definition) is 2. The highest BCUT2D eigenvalue weighted by Crippen LogP contribution is 2.16. The average Bonchev–Trinajstić information content (AvgIpc) is 2.92. The minimum Gasteiger partial charge on any atom is -0.480 e. The number of hydrogen-bond acceptors (Lipinski definition) is 5. The number of carboxylic acid groups (broad SMARTS) is 1. The molecule has 0 bridgehead atoms. The molecule has 2 heterocycles. The van der Waals surface area contributed by atoms with E-state index in [1.54, 1.807) is 11.3 Å². The summed E-state index contributed by atoms with van der Waals surface area (Å²) in [6.07, 6.45) is 0.638. The van der Waals surface area contributed by atoms with Gasteiger partial charge in [-0.15, -0.1) is 11.3 Å². The van der Waals surface area contributed by atoms with E-state index in [1.165, 1.54) is 11.8 Å². The number of likely N-dealkylation sites (tertiary alicyclic amines) is 1. The van der Waals surface area contributed by atoms with Crippen LogP contribution in [0.1, 0.15) is 24.0 Å². The van der Waals surface area contributed by atoms with Crippen molar-refractivity contribution in [2.24, 2.45) is 0 Å².